The number of fused-ring (bicyclic) bond motifs is 10. The van der Waals surface area contributed by atoms with Crippen LogP contribution in [0.15, 0.2) is 194 Å². The average molecular weight is 713 g/mol. The van der Waals surface area contributed by atoms with Gasteiger partial charge in [0.15, 0.2) is 0 Å². The molecule has 0 saturated carbocycles. The Morgan fingerprint density at radius 1 is 0.339 bits per heavy atom. The summed E-state index contributed by atoms with van der Waals surface area (Å²) >= 11 is 0. The van der Waals surface area contributed by atoms with Crippen LogP contribution in [0, 0.1) is 0 Å². The molecular formula is C52H32N4. The molecule has 56 heavy (non-hydrogen) atoms. The zero-order valence-electron chi connectivity index (χ0n) is 30.3. The van der Waals surface area contributed by atoms with Crippen molar-refractivity contribution in [2.24, 2.45) is 0 Å². The number of nitrogens with zero attached hydrogens (tertiary/aromatic N) is 4. The highest BCUT2D eigenvalue weighted by molar-refractivity contribution is 6.25. The van der Waals surface area contributed by atoms with Gasteiger partial charge in [0.1, 0.15) is 0 Å². The molecule has 9 aromatic carbocycles. The van der Waals surface area contributed by atoms with E-state index >= 15 is 0 Å². The first-order chi connectivity index (χ1) is 27.8. The maximum Gasteiger partial charge on any atom is 0.235 e. The summed E-state index contributed by atoms with van der Waals surface area (Å²) in [6.45, 7) is 0. The van der Waals surface area contributed by atoms with Crippen molar-refractivity contribution in [3.8, 4) is 34.0 Å². The highest BCUT2D eigenvalue weighted by Gasteiger charge is 2.24. The molecule has 0 saturated heterocycles. The molecule has 0 aliphatic heterocycles. The van der Waals surface area contributed by atoms with E-state index in [2.05, 4.69) is 203 Å². The van der Waals surface area contributed by atoms with Gasteiger partial charge in [0, 0.05) is 49.1 Å². The molecule has 0 atom stereocenters. The molecule has 0 unspecified atom stereocenters. The van der Waals surface area contributed by atoms with Crippen LogP contribution < -0.4 is 0 Å². The maximum absolute atomic E-state index is 5.52. The minimum atomic E-state index is 0.648. The number of aromatic nitrogens is 4. The van der Waals surface area contributed by atoms with E-state index < -0.39 is 0 Å². The van der Waals surface area contributed by atoms with Gasteiger partial charge in [-0.15, -0.1) is 0 Å². The van der Waals surface area contributed by atoms with Gasteiger partial charge in [-0.05, 0) is 58.1 Å². The lowest BCUT2D eigenvalue weighted by Crippen LogP contribution is -2.04. The summed E-state index contributed by atoms with van der Waals surface area (Å²) in [5.41, 5.74) is 10.8. The zero-order chi connectivity index (χ0) is 36.7. The highest BCUT2D eigenvalue weighted by atomic mass is 15.2. The molecule has 3 heterocycles. The molecule has 260 valence electrons. The molecule has 0 amide bonds. The van der Waals surface area contributed by atoms with Crippen LogP contribution in [0.4, 0.5) is 0 Å². The molecule has 0 spiro atoms. The Labute approximate surface area is 322 Å². The van der Waals surface area contributed by atoms with Gasteiger partial charge in [-0.25, -0.2) is 9.97 Å². The van der Waals surface area contributed by atoms with Gasteiger partial charge in [-0.1, -0.05) is 158 Å². The molecule has 0 aliphatic rings. The standard InChI is InChI=1S/C52H32N4/c1-3-16-34(17-4-1)49-43-24-11-13-25-45(43)53-52(54-49)56-50-39-22-10-7-15-33(39)27-30-42(50)44-31-35-18-8-9-21-38(35)48(51(44)56)36-28-29-41-40-23-12-14-26-46(40)55(47(41)32-36)37-19-5-2-6-20-37/h1-32H. The summed E-state index contributed by atoms with van der Waals surface area (Å²) in [5.74, 6) is 0.648. The van der Waals surface area contributed by atoms with Gasteiger partial charge in [-0.2, -0.15) is 0 Å². The van der Waals surface area contributed by atoms with Gasteiger partial charge < -0.3 is 4.57 Å². The minimum absolute atomic E-state index is 0.648. The molecule has 0 bridgehead atoms. The fourth-order valence-corrected chi connectivity index (χ4v) is 9.05. The number of para-hydroxylation sites is 3. The summed E-state index contributed by atoms with van der Waals surface area (Å²) < 4.78 is 4.75. The molecule has 12 rings (SSSR count). The smallest absolute Gasteiger partial charge is 0.235 e. The van der Waals surface area contributed by atoms with Crippen molar-refractivity contribution in [1.29, 1.82) is 0 Å². The number of hydrogen-bond acceptors (Lipinski definition) is 2. The van der Waals surface area contributed by atoms with E-state index in [1.165, 1.54) is 43.2 Å². The fourth-order valence-electron chi connectivity index (χ4n) is 9.05. The largest absolute Gasteiger partial charge is 0.309 e. The number of hydrogen-bond donors (Lipinski definition) is 0. The molecule has 4 nitrogen and oxygen atoms in total. The lowest BCUT2D eigenvalue weighted by atomic mass is 9.94. The van der Waals surface area contributed by atoms with Crippen LogP contribution in [0.1, 0.15) is 0 Å². The Kier molecular flexibility index (Phi) is 6.60. The van der Waals surface area contributed by atoms with Crippen molar-refractivity contribution in [2.45, 2.75) is 0 Å². The first-order valence-corrected chi connectivity index (χ1v) is 19.1. The van der Waals surface area contributed by atoms with Gasteiger partial charge in [0.25, 0.3) is 0 Å². The van der Waals surface area contributed by atoms with Crippen LogP contribution in [0.25, 0.3) is 110 Å². The Morgan fingerprint density at radius 2 is 0.982 bits per heavy atom. The first-order valence-electron chi connectivity index (χ1n) is 19.1. The molecule has 0 aliphatic carbocycles. The molecule has 4 heteroatoms. The van der Waals surface area contributed by atoms with E-state index in [1.54, 1.807) is 0 Å². The average Bonchev–Trinajstić information content (AvgIpc) is 3.78. The van der Waals surface area contributed by atoms with Crippen LogP contribution in [-0.2, 0) is 0 Å². The highest BCUT2D eigenvalue weighted by Crippen LogP contribution is 2.46. The Balaban J connectivity index is 1.28. The summed E-state index contributed by atoms with van der Waals surface area (Å²) in [5, 5.41) is 10.5. The molecule has 3 aromatic heterocycles. The van der Waals surface area contributed by atoms with E-state index in [9.17, 15) is 0 Å². The molecule has 0 fully saturated rings. The van der Waals surface area contributed by atoms with Crippen molar-refractivity contribution < 1.29 is 0 Å². The third-order valence-corrected chi connectivity index (χ3v) is 11.5. The summed E-state index contributed by atoms with van der Waals surface area (Å²) in [6.07, 6.45) is 0. The Morgan fingerprint density at radius 3 is 1.82 bits per heavy atom. The van der Waals surface area contributed by atoms with E-state index in [0.29, 0.717) is 5.95 Å². The maximum atomic E-state index is 5.52. The van der Waals surface area contributed by atoms with Gasteiger partial charge >= 0.3 is 0 Å². The normalized spacial score (nSPS) is 11.9. The van der Waals surface area contributed by atoms with Crippen molar-refractivity contribution in [3.63, 3.8) is 0 Å². The summed E-state index contributed by atoms with van der Waals surface area (Å²) in [4.78, 5) is 10.9. The van der Waals surface area contributed by atoms with Crippen LogP contribution in [0.3, 0.4) is 0 Å². The lowest BCUT2D eigenvalue weighted by Gasteiger charge is -2.16. The second-order valence-electron chi connectivity index (χ2n) is 14.6. The molecule has 0 N–H and O–H groups in total. The third kappa shape index (κ3) is 4.47. The fraction of sp³-hybridized carbons (Fsp3) is 0. The molecule has 12 aromatic rings. The quantitative estimate of drug-likeness (QED) is 0.182. The monoisotopic (exact) mass is 712 g/mol. The Hall–Kier alpha value is -7.56. The van der Waals surface area contributed by atoms with E-state index in [4.69, 9.17) is 9.97 Å². The molecular weight excluding hydrogens is 681 g/mol. The SMILES string of the molecule is c1ccc(-c2nc(-n3c4c(-c5ccc6c7ccccc7n(-c7ccccc7)c6c5)c5ccccc5cc4c4ccc5ccccc5c43)nc3ccccc23)cc1. The first kappa shape index (κ1) is 30.9. The van der Waals surface area contributed by atoms with Gasteiger partial charge in [0.05, 0.1) is 33.3 Å². The van der Waals surface area contributed by atoms with E-state index in [0.717, 1.165) is 60.9 Å². The van der Waals surface area contributed by atoms with Crippen LogP contribution in [0.2, 0.25) is 0 Å². The van der Waals surface area contributed by atoms with E-state index in [-0.39, 0.29) is 0 Å². The third-order valence-electron chi connectivity index (χ3n) is 11.5. The zero-order valence-corrected chi connectivity index (χ0v) is 30.3. The van der Waals surface area contributed by atoms with Crippen LogP contribution >= 0.6 is 0 Å². The summed E-state index contributed by atoms with van der Waals surface area (Å²) in [7, 11) is 0. The van der Waals surface area contributed by atoms with Crippen molar-refractivity contribution >= 4 is 76.1 Å². The van der Waals surface area contributed by atoms with Gasteiger partial charge in [0.2, 0.25) is 5.95 Å². The van der Waals surface area contributed by atoms with Gasteiger partial charge in [-0.3, -0.25) is 4.57 Å². The van der Waals surface area contributed by atoms with E-state index in [1.807, 2.05) is 0 Å². The second-order valence-corrected chi connectivity index (χ2v) is 14.6. The minimum Gasteiger partial charge on any atom is -0.309 e. The molecule has 0 radical (unpaired) electrons. The topological polar surface area (TPSA) is 35.6 Å². The Bertz CT molecular complexity index is 3520. The predicted molar refractivity (Wildman–Crippen MR) is 234 cm³/mol. The number of benzene rings is 9. The van der Waals surface area contributed by atoms with Crippen LogP contribution in [-0.4, -0.2) is 19.1 Å². The summed E-state index contributed by atoms with van der Waals surface area (Å²) in [6, 6.07) is 69.6. The second kappa shape index (κ2) is 12.0. The lowest BCUT2D eigenvalue weighted by molar-refractivity contribution is 1.02. The van der Waals surface area contributed by atoms with Crippen molar-refractivity contribution in [1.82, 2.24) is 19.1 Å². The number of rotatable bonds is 4. The van der Waals surface area contributed by atoms with Crippen LogP contribution in [0.5, 0.6) is 0 Å². The van der Waals surface area contributed by atoms with Crippen molar-refractivity contribution in [3.05, 3.63) is 194 Å². The predicted octanol–water partition coefficient (Wildman–Crippen LogP) is 13.5. The van der Waals surface area contributed by atoms with Crippen molar-refractivity contribution in [2.75, 3.05) is 0 Å².